The largest absolute Gasteiger partial charge is 0.478 e. The summed E-state index contributed by atoms with van der Waals surface area (Å²) in [6, 6.07) is 7.55. The molecule has 1 amide bonds. The normalized spacial score (nSPS) is 41.0. The van der Waals surface area contributed by atoms with Crippen molar-refractivity contribution in [1.82, 2.24) is 5.06 Å². The van der Waals surface area contributed by atoms with Gasteiger partial charge >= 0.3 is 5.97 Å². The van der Waals surface area contributed by atoms with Gasteiger partial charge in [-0.05, 0) is 145 Å². The van der Waals surface area contributed by atoms with E-state index in [9.17, 15) is 14.7 Å². The Labute approximate surface area is 277 Å². The van der Waals surface area contributed by atoms with E-state index in [0.29, 0.717) is 35.2 Å². The van der Waals surface area contributed by atoms with E-state index >= 15 is 0 Å². The van der Waals surface area contributed by atoms with E-state index in [4.69, 9.17) is 4.84 Å². The first-order valence-corrected chi connectivity index (χ1v) is 17.8. The molecule has 5 nitrogen and oxygen atoms in total. The molecule has 1 aromatic carbocycles. The summed E-state index contributed by atoms with van der Waals surface area (Å²) in [5, 5.41) is 10.8. The van der Waals surface area contributed by atoms with Gasteiger partial charge in [-0.25, -0.2) is 9.86 Å². The van der Waals surface area contributed by atoms with Crippen molar-refractivity contribution in [2.45, 2.75) is 99.3 Å². The molecular weight excluding hydrogens is 570 g/mol. The molecule has 5 aliphatic rings. The minimum absolute atomic E-state index is 0.00172. The van der Waals surface area contributed by atoms with Crippen LogP contribution in [-0.4, -0.2) is 36.2 Å². The van der Waals surface area contributed by atoms with Crippen LogP contribution in [0.3, 0.4) is 0 Å². The van der Waals surface area contributed by atoms with E-state index in [1.807, 2.05) is 12.1 Å². The number of hydroxylamine groups is 2. The van der Waals surface area contributed by atoms with Crippen LogP contribution in [0, 0.1) is 56.7 Å². The smallest absolute Gasteiger partial charge is 0.335 e. The number of rotatable bonds is 6. The molecule has 5 aliphatic carbocycles. The fourth-order valence-electron chi connectivity index (χ4n) is 12.8. The average Bonchev–Trinajstić information content (AvgIpc) is 3.40. The molecule has 0 aromatic heterocycles. The van der Waals surface area contributed by atoms with E-state index in [1.54, 1.807) is 32.4 Å². The van der Waals surface area contributed by atoms with Crippen molar-refractivity contribution in [1.29, 1.82) is 0 Å². The number of carboxylic acids is 1. The molecule has 0 aliphatic heterocycles. The van der Waals surface area contributed by atoms with Crippen LogP contribution >= 0.6 is 0 Å². The molecule has 250 valence electrons. The van der Waals surface area contributed by atoms with Crippen molar-refractivity contribution in [2.24, 2.45) is 56.7 Å². The number of carboxylic acid groups (broad SMARTS) is 1. The van der Waals surface area contributed by atoms with Crippen LogP contribution in [0.25, 0.3) is 5.57 Å². The third kappa shape index (κ3) is 4.65. The van der Waals surface area contributed by atoms with Crippen molar-refractivity contribution >= 4 is 17.4 Å². The van der Waals surface area contributed by atoms with Crippen LogP contribution in [0.4, 0.5) is 0 Å². The molecular formula is C41H57NO4. The third-order valence-electron chi connectivity index (χ3n) is 15.3. The summed E-state index contributed by atoms with van der Waals surface area (Å²) in [5.41, 5.74) is 4.95. The van der Waals surface area contributed by atoms with E-state index in [1.165, 1.54) is 60.3 Å². The molecule has 1 N–H and O–H groups in total. The van der Waals surface area contributed by atoms with E-state index < -0.39 is 5.97 Å². The highest BCUT2D eigenvalue weighted by Gasteiger charge is 2.70. The van der Waals surface area contributed by atoms with Crippen LogP contribution in [0.2, 0.25) is 0 Å². The average molecular weight is 628 g/mol. The highest BCUT2D eigenvalue weighted by molar-refractivity contribution is 5.88. The molecule has 0 bridgehead atoms. The zero-order valence-electron chi connectivity index (χ0n) is 29.6. The van der Waals surface area contributed by atoms with Gasteiger partial charge in [0.15, 0.2) is 0 Å². The standard InChI is InChI=1S/C41H57NO4/c1-26(2)29-16-22-41(23-19-34(43)42(8)46-9)25-24-39(6)31(35(29)41)14-15-33-38(5)20-17-30(27-10-12-28(13-11-27)36(44)45)37(3,4)32(38)18-21-40(33,39)7/h10-13,17,19,23,29,31-33,35H,1,14-16,18,20-22,24-25H2,2-9H3,(H,44,45)/b23-19+/t29-,31+,32?,33?,35?,38-,39+,40+,41-/m0/s1. The fraction of sp³-hybridized carbons (Fsp3) is 0.659. The summed E-state index contributed by atoms with van der Waals surface area (Å²) in [6.45, 7) is 19.6. The lowest BCUT2D eigenvalue weighted by Crippen LogP contribution is -2.65. The summed E-state index contributed by atoms with van der Waals surface area (Å²) in [7, 11) is 3.23. The molecule has 0 saturated heterocycles. The van der Waals surface area contributed by atoms with Crippen molar-refractivity contribution in [3.8, 4) is 0 Å². The number of benzene rings is 1. The van der Waals surface area contributed by atoms with Crippen LogP contribution < -0.4 is 0 Å². The van der Waals surface area contributed by atoms with Crippen LogP contribution in [-0.2, 0) is 9.63 Å². The lowest BCUT2D eigenvalue weighted by atomic mass is 9.32. The van der Waals surface area contributed by atoms with Gasteiger partial charge in [0.25, 0.3) is 5.91 Å². The first-order valence-electron chi connectivity index (χ1n) is 17.8. The first-order chi connectivity index (χ1) is 21.6. The summed E-state index contributed by atoms with van der Waals surface area (Å²) in [5.74, 6) is 1.90. The van der Waals surface area contributed by atoms with E-state index in [2.05, 4.69) is 60.3 Å². The second-order valence-electron chi connectivity index (χ2n) is 17.2. The highest BCUT2D eigenvalue weighted by Crippen LogP contribution is 2.77. The fourth-order valence-corrected chi connectivity index (χ4v) is 12.8. The van der Waals surface area contributed by atoms with Gasteiger partial charge in [-0.2, -0.15) is 0 Å². The Hall–Kier alpha value is -2.66. The predicted octanol–water partition coefficient (Wildman–Crippen LogP) is 9.61. The number of allylic oxidation sites excluding steroid dienone is 4. The summed E-state index contributed by atoms with van der Waals surface area (Å²) in [6.07, 6.45) is 17.3. The Balaban J connectivity index is 1.34. The van der Waals surface area contributed by atoms with Crippen molar-refractivity contribution in [3.05, 3.63) is 65.8 Å². The number of carbonyl (C=O) groups excluding carboxylic acids is 1. The summed E-state index contributed by atoms with van der Waals surface area (Å²) < 4.78 is 0. The zero-order valence-corrected chi connectivity index (χ0v) is 29.6. The summed E-state index contributed by atoms with van der Waals surface area (Å²) in [4.78, 5) is 29.6. The molecule has 3 unspecified atom stereocenters. The van der Waals surface area contributed by atoms with Crippen LogP contribution in [0.1, 0.15) is 115 Å². The van der Waals surface area contributed by atoms with Gasteiger partial charge in [-0.1, -0.05) is 71.1 Å². The van der Waals surface area contributed by atoms with Gasteiger partial charge in [0.1, 0.15) is 0 Å². The molecule has 9 atom stereocenters. The number of amides is 1. The van der Waals surface area contributed by atoms with E-state index in [0.717, 1.165) is 19.3 Å². The maximum atomic E-state index is 12.8. The number of fused-ring (bicyclic) bond motifs is 7. The highest BCUT2D eigenvalue weighted by atomic mass is 16.7. The van der Waals surface area contributed by atoms with Crippen LogP contribution in [0.5, 0.6) is 0 Å². The molecule has 0 radical (unpaired) electrons. The van der Waals surface area contributed by atoms with Gasteiger partial charge in [-0.3, -0.25) is 9.63 Å². The summed E-state index contributed by atoms with van der Waals surface area (Å²) >= 11 is 0. The Morgan fingerprint density at radius 2 is 1.63 bits per heavy atom. The molecule has 6 rings (SSSR count). The van der Waals surface area contributed by atoms with Crippen molar-refractivity contribution < 1.29 is 19.5 Å². The minimum Gasteiger partial charge on any atom is -0.478 e. The second kappa shape index (κ2) is 11.2. The number of likely N-dealkylation sites (N-methyl/N-ethyl adjacent to an activating group) is 1. The van der Waals surface area contributed by atoms with Crippen molar-refractivity contribution in [2.75, 3.05) is 14.2 Å². The maximum absolute atomic E-state index is 12.8. The lowest BCUT2D eigenvalue weighted by Gasteiger charge is -2.72. The Morgan fingerprint density at radius 1 is 0.935 bits per heavy atom. The third-order valence-corrected chi connectivity index (χ3v) is 15.3. The SMILES string of the molecule is C=C(C)[C@@H]1CC[C@]2(/C=C/C(=O)N(C)OC)CC[C@]3(C)[C@H](CCC4[C@@]5(C)CC=C(c6ccc(C(=O)O)cc6)C(C)(C)C5CC[C@]43C)C12. The number of hydrogen-bond acceptors (Lipinski definition) is 3. The van der Waals surface area contributed by atoms with Crippen molar-refractivity contribution in [3.63, 3.8) is 0 Å². The number of hydrogen-bond donors (Lipinski definition) is 1. The van der Waals surface area contributed by atoms with Gasteiger partial charge in [0.05, 0.1) is 12.7 Å². The molecule has 5 heteroatoms. The topological polar surface area (TPSA) is 66.8 Å². The molecule has 0 spiro atoms. The first kappa shape index (κ1) is 33.2. The second-order valence-corrected chi connectivity index (χ2v) is 17.2. The number of nitrogens with zero attached hydrogens (tertiary/aromatic N) is 1. The lowest BCUT2D eigenvalue weighted by molar-refractivity contribution is -0.221. The Kier molecular flexibility index (Phi) is 8.10. The minimum atomic E-state index is -0.873. The van der Waals surface area contributed by atoms with Gasteiger partial charge in [-0.15, -0.1) is 0 Å². The molecule has 4 saturated carbocycles. The van der Waals surface area contributed by atoms with Gasteiger partial charge < -0.3 is 5.11 Å². The van der Waals surface area contributed by atoms with E-state index in [-0.39, 0.29) is 33.0 Å². The molecule has 1 aromatic rings. The molecule has 4 fully saturated rings. The molecule has 46 heavy (non-hydrogen) atoms. The monoisotopic (exact) mass is 627 g/mol. The molecule has 0 heterocycles. The number of carbonyl (C=O) groups is 2. The predicted molar refractivity (Wildman–Crippen MR) is 185 cm³/mol. The van der Waals surface area contributed by atoms with Gasteiger partial charge in [0, 0.05) is 13.1 Å². The Bertz CT molecular complexity index is 1470. The quantitative estimate of drug-likeness (QED) is 0.194. The number of aromatic carboxylic acids is 1. The van der Waals surface area contributed by atoms with Crippen LogP contribution in [0.15, 0.2) is 54.6 Å². The maximum Gasteiger partial charge on any atom is 0.335 e. The Morgan fingerprint density at radius 3 is 2.26 bits per heavy atom. The zero-order chi connectivity index (χ0) is 33.4. The van der Waals surface area contributed by atoms with Gasteiger partial charge in [0.2, 0.25) is 0 Å².